The molecule has 0 unspecified atom stereocenters. The third-order valence-electron chi connectivity index (χ3n) is 5.77. The van der Waals surface area contributed by atoms with Crippen LogP contribution in [0.1, 0.15) is 32.0 Å². The average Bonchev–Trinajstić information content (AvgIpc) is 3.19. The average molecular weight is 474 g/mol. The smallest absolute Gasteiger partial charge is 0.335 e. The van der Waals surface area contributed by atoms with Gasteiger partial charge in [0.1, 0.15) is 12.4 Å². The van der Waals surface area contributed by atoms with Crippen LogP contribution in [0.25, 0.3) is 11.3 Å². The summed E-state index contributed by atoms with van der Waals surface area (Å²) in [6, 6.07) is 21.2. The summed E-state index contributed by atoms with van der Waals surface area (Å²) in [6.45, 7) is 0.497. The van der Waals surface area contributed by atoms with Crippen LogP contribution in [0.2, 0.25) is 5.02 Å². The van der Waals surface area contributed by atoms with Gasteiger partial charge < -0.3 is 14.7 Å². The second kappa shape index (κ2) is 8.68. The Morgan fingerprint density at radius 1 is 1.09 bits per heavy atom. The van der Waals surface area contributed by atoms with Crippen LogP contribution in [-0.4, -0.2) is 26.8 Å². The van der Waals surface area contributed by atoms with Crippen LogP contribution in [-0.2, 0) is 20.2 Å². The summed E-state index contributed by atoms with van der Waals surface area (Å²) in [5.74, 6) is -0.650. The van der Waals surface area contributed by atoms with Crippen molar-refractivity contribution in [3.63, 3.8) is 0 Å². The van der Waals surface area contributed by atoms with E-state index in [0.717, 1.165) is 16.8 Å². The van der Waals surface area contributed by atoms with Crippen molar-refractivity contribution in [2.45, 2.75) is 13.2 Å². The molecular formula is C26H20ClN3O4. The van der Waals surface area contributed by atoms with Crippen molar-refractivity contribution >= 4 is 29.2 Å². The van der Waals surface area contributed by atoms with E-state index in [2.05, 4.69) is 5.10 Å². The fraction of sp³-hybridized carbons (Fsp3) is 0.115. The van der Waals surface area contributed by atoms with Gasteiger partial charge in [0.15, 0.2) is 5.69 Å². The van der Waals surface area contributed by atoms with E-state index in [1.54, 1.807) is 47.0 Å². The molecule has 5 rings (SSSR count). The van der Waals surface area contributed by atoms with Gasteiger partial charge in [0.2, 0.25) is 0 Å². The number of benzene rings is 3. The maximum atomic E-state index is 13.9. The zero-order chi connectivity index (χ0) is 23.8. The number of amides is 1. The van der Waals surface area contributed by atoms with Crippen molar-refractivity contribution in [2.24, 2.45) is 7.05 Å². The van der Waals surface area contributed by atoms with Crippen LogP contribution < -0.4 is 9.64 Å². The number of carboxylic acids is 1. The number of halogens is 1. The molecule has 8 heteroatoms. The molecule has 34 heavy (non-hydrogen) atoms. The summed E-state index contributed by atoms with van der Waals surface area (Å²) in [7, 11) is 1.79. The highest BCUT2D eigenvalue weighted by molar-refractivity contribution is 6.31. The van der Waals surface area contributed by atoms with E-state index in [1.165, 1.54) is 12.1 Å². The van der Waals surface area contributed by atoms with Crippen LogP contribution in [0, 0.1) is 0 Å². The minimum absolute atomic E-state index is 0.146. The topological polar surface area (TPSA) is 84.7 Å². The van der Waals surface area contributed by atoms with Crippen LogP contribution in [0.3, 0.4) is 0 Å². The number of rotatable bonds is 5. The number of aromatic carboxylic acids is 1. The van der Waals surface area contributed by atoms with E-state index < -0.39 is 5.97 Å². The predicted octanol–water partition coefficient (Wildman–Crippen LogP) is 5.18. The van der Waals surface area contributed by atoms with Gasteiger partial charge in [-0.1, -0.05) is 41.9 Å². The van der Waals surface area contributed by atoms with E-state index in [0.29, 0.717) is 28.6 Å². The van der Waals surface area contributed by atoms with Crippen molar-refractivity contribution in [2.75, 3.05) is 4.90 Å². The Bertz CT molecular complexity index is 1400. The monoisotopic (exact) mass is 473 g/mol. The number of carbonyl (C=O) groups excluding carboxylic acids is 1. The number of anilines is 1. The lowest BCUT2D eigenvalue weighted by Crippen LogP contribution is -2.32. The summed E-state index contributed by atoms with van der Waals surface area (Å²) in [6.07, 6.45) is 0. The van der Waals surface area contributed by atoms with Crippen molar-refractivity contribution in [3.8, 4) is 17.0 Å². The number of carboxylic acid groups (broad SMARTS) is 1. The third-order valence-corrected chi connectivity index (χ3v) is 6.01. The van der Waals surface area contributed by atoms with E-state index in [4.69, 9.17) is 16.3 Å². The summed E-state index contributed by atoms with van der Waals surface area (Å²) in [5, 5.41) is 14.4. The zero-order valence-electron chi connectivity index (χ0n) is 18.2. The fourth-order valence-corrected chi connectivity index (χ4v) is 4.31. The van der Waals surface area contributed by atoms with Gasteiger partial charge in [0, 0.05) is 28.9 Å². The number of carbonyl (C=O) groups is 2. The Morgan fingerprint density at radius 3 is 2.53 bits per heavy atom. The minimum Gasteiger partial charge on any atom is -0.488 e. The first-order chi connectivity index (χ1) is 16.4. The van der Waals surface area contributed by atoms with Crippen LogP contribution >= 0.6 is 11.6 Å². The highest BCUT2D eigenvalue weighted by Gasteiger charge is 2.31. The van der Waals surface area contributed by atoms with E-state index in [-0.39, 0.29) is 23.8 Å². The lowest BCUT2D eigenvalue weighted by molar-refractivity contribution is 0.0696. The maximum Gasteiger partial charge on any atom is 0.335 e. The van der Waals surface area contributed by atoms with Gasteiger partial charge in [-0.15, -0.1) is 0 Å². The first-order valence-electron chi connectivity index (χ1n) is 10.6. The first kappa shape index (κ1) is 21.7. The molecule has 4 aromatic rings. The molecule has 2 heterocycles. The molecule has 1 aromatic heterocycles. The van der Waals surface area contributed by atoms with Gasteiger partial charge in [-0.25, -0.2) is 4.79 Å². The molecule has 0 aliphatic carbocycles. The number of hydrogen-bond donors (Lipinski definition) is 1. The molecule has 170 valence electrons. The van der Waals surface area contributed by atoms with E-state index in [1.807, 2.05) is 30.3 Å². The minimum atomic E-state index is -1.03. The predicted molar refractivity (Wildman–Crippen MR) is 128 cm³/mol. The van der Waals surface area contributed by atoms with E-state index in [9.17, 15) is 14.7 Å². The van der Waals surface area contributed by atoms with Gasteiger partial charge in [-0.05, 0) is 48.0 Å². The highest BCUT2D eigenvalue weighted by atomic mass is 35.5. The number of aromatic nitrogens is 2. The number of fused-ring (bicyclic) bond motifs is 3. The van der Waals surface area contributed by atoms with Gasteiger partial charge in [-0.2, -0.15) is 5.10 Å². The molecule has 7 nitrogen and oxygen atoms in total. The number of hydrogen-bond acceptors (Lipinski definition) is 4. The largest absolute Gasteiger partial charge is 0.488 e. The summed E-state index contributed by atoms with van der Waals surface area (Å²) >= 11 is 6.22. The Labute approximate surface area is 200 Å². The van der Waals surface area contributed by atoms with Gasteiger partial charge in [-0.3, -0.25) is 9.48 Å². The molecule has 1 amide bonds. The standard InChI is InChI=1S/C26H20ClN3O4/c1-29-24-20-13-18(27)9-12-22(20)34-15-21(24)23(28-29)25(31)30(14-16-5-3-2-4-6-16)19-10-7-17(8-11-19)26(32)33/h2-13H,14-15H2,1H3,(H,32,33). The van der Waals surface area contributed by atoms with E-state index >= 15 is 0 Å². The quantitative estimate of drug-likeness (QED) is 0.432. The molecule has 0 spiro atoms. The first-order valence-corrected chi connectivity index (χ1v) is 11.0. The molecule has 0 saturated carbocycles. The lowest BCUT2D eigenvalue weighted by atomic mass is 10.0. The normalized spacial score (nSPS) is 11.8. The van der Waals surface area contributed by atoms with Crippen LogP contribution in [0.4, 0.5) is 5.69 Å². The highest BCUT2D eigenvalue weighted by Crippen LogP contribution is 2.40. The second-order valence-corrected chi connectivity index (χ2v) is 8.39. The number of ether oxygens (including phenoxy) is 1. The Hall–Kier alpha value is -4.10. The molecule has 3 aromatic carbocycles. The Balaban J connectivity index is 1.58. The Morgan fingerprint density at radius 2 is 1.82 bits per heavy atom. The molecular weight excluding hydrogens is 454 g/mol. The molecule has 0 bridgehead atoms. The Kier molecular flexibility index (Phi) is 5.55. The molecule has 0 radical (unpaired) electrons. The zero-order valence-corrected chi connectivity index (χ0v) is 19.0. The molecule has 1 N–H and O–H groups in total. The molecule has 0 fully saturated rings. The molecule has 0 saturated heterocycles. The van der Waals surface area contributed by atoms with Crippen molar-refractivity contribution < 1.29 is 19.4 Å². The fourth-order valence-electron chi connectivity index (χ4n) is 4.13. The summed E-state index contributed by atoms with van der Waals surface area (Å²) < 4.78 is 7.58. The summed E-state index contributed by atoms with van der Waals surface area (Å²) in [5.41, 5.74) is 4.17. The third kappa shape index (κ3) is 3.91. The molecule has 1 aliphatic rings. The molecule has 0 atom stereocenters. The lowest BCUT2D eigenvalue weighted by Gasteiger charge is -2.24. The molecule has 1 aliphatic heterocycles. The van der Waals surface area contributed by atoms with Gasteiger partial charge in [0.25, 0.3) is 5.91 Å². The number of aryl methyl sites for hydroxylation is 1. The van der Waals surface area contributed by atoms with Crippen LogP contribution in [0.15, 0.2) is 72.8 Å². The van der Waals surface area contributed by atoms with Gasteiger partial charge >= 0.3 is 5.97 Å². The van der Waals surface area contributed by atoms with Crippen molar-refractivity contribution in [1.82, 2.24) is 9.78 Å². The maximum absolute atomic E-state index is 13.9. The van der Waals surface area contributed by atoms with Crippen molar-refractivity contribution in [1.29, 1.82) is 0 Å². The van der Waals surface area contributed by atoms with Crippen molar-refractivity contribution in [3.05, 3.63) is 100 Å². The number of nitrogens with zero attached hydrogens (tertiary/aromatic N) is 3. The van der Waals surface area contributed by atoms with Crippen LogP contribution in [0.5, 0.6) is 5.75 Å². The SMILES string of the molecule is Cn1nc(C(=O)N(Cc2ccccc2)c2ccc(C(=O)O)cc2)c2c1-c1cc(Cl)ccc1OC2. The summed E-state index contributed by atoms with van der Waals surface area (Å²) in [4.78, 5) is 26.8. The second-order valence-electron chi connectivity index (χ2n) is 7.96. The van der Waals surface area contributed by atoms with Gasteiger partial charge in [0.05, 0.1) is 17.8 Å².